The number of anilines is 2. The molecule has 2 atom stereocenters. The van der Waals surface area contributed by atoms with Crippen LogP contribution in [0.3, 0.4) is 0 Å². The molecule has 20 heavy (non-hydrogen) atoms. The van der Waals surface area contributed by atoms with Crippen molar-refractivity contribution in [2.75, 3.05) is 11.1 Å². The molecule has 1 fully saturated rings. The molecular formula is C16H25FN2O. The van der Waals surface area contributed by atoms with E-state index >= 15 is 0 Å². The molecule has 1 aliphatic rings. The summed E-state index contributed by atoms with van der Waals surface area (Å²) in [5, 5.41) is 3.45. The van der Waals surface area contributed by atoms with Gasteiger partial charge in [0.2, 0.25) is 0 Å². The summed E-state index contributed by atoms with van der Waals surface area (Å²) >= 11 is 0. The largest absolute Gasteiger partial charge is 0.488 e. The van der Waals surface area contributed by atoms with Gasteiger partial charge in [-0.2, -0.15) is 0 Å². The Morgan fingerprint density at radius 3 is 2.75 bits per heavy atom. The molecule has 0 spiro atoms. The van der Waals surface area contributed by atoms with E-state index in [2.05, 4.69) is 12.2 Å². The Hall–Kier alpha value is -1.45. The summed E-state index contributed by atoms with van der Waals surface area (Å²) in [4.78, 5) is 0. The van der Waals surface area contributed by atoms with Crippen molar-refractivity contribution in [2.24, 2.45) is 5.92 Å². The van der Waals surface area contributed by atoms with E-state index in [1.54, 1.807) is 6.07 Å². The van der Waals surface area contributed by atoms with Crippen LogP contribution in [0.2, 0.25) is 0 Å². The molecule has 2 unspecified atom stereocenters. The minimum atomic E-state index is -0.404. The quantitative estimate of drug-likeness (QED) is 0.813. The van der Waals surface area contributed by atoms with Gasteiger partial charge in [0.15, 0.2) is 11.6 Å². The zero-order chi connectivity index (χ0) is 14.7. The van der Waals surface area contributed by atoms with Gasteiger partial charge in [-0.15, -0.1) is 0 Å². The smallest absolute Gasteiger partial charge is 0.167 e. The van der Waals surface area contributed by atoms with Crippen molar-refractivity contribution >= 4 is 11.4 Å². The molecule has 3 N–H and O–H groups in total. The maximum Gasteiger partial charge on any atom is 0.167 e. The fraction of sp³-hybridized carbons (Fsp3) is 0.625. The first-order valence-electron chi connectivity index (χ1n) is 7.48. The summed E-state index contributed by atoms with van der Waals surface area (Å²) in [6.07, 6.45) is 4.74. The number of hydrogen-bond acceptors (Lipinski definition) is 3. The first kappa shape index (κ1) is 14.9. The van der Waals surface area contributed by atoms with Crippen LogP contribution in [0.15, 0.2) is 12.1 Å². The minimum absolute atomic E-state index is 0.0596. The van der Waals surface area contributed by atoms with Crippen LogP contribution in [0, 0.1) is 11.7 Å². The molecule has 0 radical (unpaired) electrons. The topological polar surface area (TPSA) is 47.3 Å². The average Bonchev–Trinajstić information content (AvgIpc) is 2.34. The normalized spacial score (nSPS) is 22.9. The molecule has 0 aliphatic heterocycles. The third-order valence-electron chi connectivity index (χ3n) is 3.76. The van der Waals surface area contributed by atoms with Gasteiger partial charge < -0.3 is 15.8 Å². The zero-order valence-corrected chi connectivity index (χ0v) is 12.6. The predicted molar refractivity (Wildman–Crippen MR) is 81.6 cm³/mol. The van der Waals surface area contributed by atoms with Gasteiger partial charge in [-0.05, 0) is 32.6 Å². The van der Waals surface area contributed by atoms with Crippen LogP contribution in [-0.4, -0.2) is 12.1 Å². The lowest BCUT2D eigenvalue weighted by Gasteiger charge is -2.29. The summed E-state index contributed by atoms with van der Waals surface area (Å²) in [6.45, 7) is 6.03. The van der Waals surface area contributed by atoms with Gasteiger partial charge in [0.25, 0.3) is 0 Å². The van der Waals surface area contributed by atoms with Gasteiger partial charge in [-0.25, -0.2) is 4.39 Å². The van der Waals surface area contributed by atoms with E-state index in [4.69, 9.17) is 10.5 Å². The molecule has 0 amide bonds. The standard InChI is InChI=1S/C16H25FN2O/c1-10(2)20-16-9-15(14(18)8-13(16)17)19-12-6-4-5-11(3)7-12/h8-12,19H,4-7,18H2,1-3H3. The van der Waals surface area contributed by atoms with Crippen molar-refractivity contribution < 1.29 is 9.13 Å². The fourth-order valence-corrected chi connectivity index (χ4v) is 2.82. The highest BCUT2D eigenvalue weighted by atomic mass is 19.1. The third kappa shape index (κ3) is 3.78. The number of nitrogens with two attached hydrogens (primary N) is 1. The molecule has 0 aromatic heterocycles. The van der Waals surface area contributed by atoms with E-state index in [0.717, 1.165) is 24.4 Å². The highest BCUT2D eigenvalue weighted by molar-refractivity contribution is 5.69. The number of nitrogens with one attached hydrogen (secondary N) is 1. The minimum Gasteiger partial charge on any atom is -0.488 e. The molecule has 0 heterocycles. The summed E-state index contributed by atoms with van der Waals surface area (Å²) in [6, 6.07) is 3.44. The Bertz CT molecular complexity index is 462. The molecule has 1 aromatic rings. The maximum absolute atomic E-state index is 13.8. The summed E-state index contributed by atoms with van der Waals surface area (Å²) in [5.74, 6) is 0.591. The number of nitrogen functional groups attached to an aromatic ring is 1. The van der Waals surface area contributed by atoms with Crippen molar-refractivity contribution in [3.63, 3.8) is 0 Å². The molecule has 1 aliphatic carbocycles. The molecule has 0 saturated heterocycles. The van der Waals surface area contributed by atoms with Crippen molar-refractivity contribution in [3.8, 4) is 5.75 Å². The Labute approximate surface area is 120 Å². The molecule has 1 aromatic carbocycles. The molecule has 1 saturated carbocycles. The fourth-order valence-electron chi connectivity index (χ4n) is 2.82. The van der Waals surface area contributed by atoms with Crippen molar-refractivity contribution in [2.45, 2.75) is 58.6 Å². The summed E-state index contributed by atoms with van der Waals surface area (Å²) < 4.78 is 19.3. The second kappa shape index (κ2) is 6.33. The lowest BCUT2D eigenvalue weighted by Crippen LogP contribution is -2.26. The average molecular weight is 280 g/mol. The van der Waals surface area contributed by atoms with Gasteiger partial charge in [0, 0.05) is 18.2 Å². The Balaban J connectivity index is 2.13. The zero-order valence-electron chi connectivity index (χ0n) is 12.6. The van der Waals surface area contributed by atoms with E-state index in [0.29, 0.717) is 11.7 Å². The Morgan fingerprint density at radius 2 is 2.10 bits per heavy atom. The van der Waals surface area contributed by atoms with Crippen molar-refractivity contribution in [3.05, 3.63) is 17.9 Å². The van der Waals surface area contributed by atoms with Gasteiger partial charge >= 0.3 is 0 Å². The molecule has 112 valence electrons. The first-order chi connectivity index (χ1) is 9.45. The van der Waals surface area contributed by atoms with Gasteiger partial charge in [-0.3, -0.25) is 0 Å². The van der Waals surface area contributed by atoms with Crippen molar-refractivity contribution in [1.82, 2.24) is 0 Å². The molecule has 3 nitrogen and oxygen atoms in total. The summed E-state index contributed by atoms with van der Waals surface area (Å²) in [5.41, 5.74) is 7.14. The second-order valence-electron chi connectivity index (χ2n) is 6.15. The predicted octanol–water partition coefficient (Wildman–Crippen LogP) is 4.19. The van der Waals surface area contributed by atoms with E-state index in [1.165, 1.54) is 18.9 Å². The van der Waals surface area contributed by atoms with Gasteiger partial charge in [0.1, 0.15) is 0 Å². The first-order valence-corrected chi connectivity index (χ1v) is 7.48. The third-order valence-corrected chi connectivity index (χ3v) is 3.76. The van der Waals surface area contributed by atoms with E-state index < -0.39 is 5.82 Å². The number of benzene rings is 1. The molecular weight excluding hydrogens is 255 g/mol. The highest BCUT2D eigenvalue weighted by Gasteiger charge is 2.20. The van der Waals surface area contributed by atoms with Crippen LogP contribution in [0.1, 0.15) is 46.5 Å². The Kier molecular flexibility index (Phi) is 4.73. The van der Waals surface area contributed by atoms with Crippen molar-refractivity contribution in [1.29, 1.82) is 0 Å². The molecule has 4 heteroatoms. The van der Waals surface area contributed by atoms with Crippen LogP contribution in [0.25, 0.3) is 0 Å². The van der Waals surface area contributed by atoms with Crippen LogP contribution < -0.4 is 15.8 Å². The van der Waals surface area contributed by atoms with E-state index in [-0.39, 0.29) is 11.9 Å². The lowest BCUT2D eigenvalue weighted by molar-refractivity contribution is 0.231. The summed E-state index contributed by atoms with van der Waals surface area (Å²) in [7, 11) is 0. The number of halogens is 1. The van der Waals surface area contributed by atoms with Crippen LogP contribution in [0.4, 0.5) is 15.8 Å². The number of rotatable bonds is 4. The van der Waals surface area contributed by atoms with E-state index in [9.17, 15) is 4.39 Å². The monoisotopic (exact) mass is 280 g/mol. The SMILES string of the molecule is CC1CCCC(Nc2cc(OC(C)C)c(F)cc2N)C1. The number of ether oxygens (including phenoxy) is 1. The van der Waals surface area contributed by atoms with Gasteiger partial charge in [-0.1, -0.05) is 19.8 Å². The van der Waals surface area contributed by atoms with Crippen LogP contribution in [-0.2, 0) is 0 Å². The van der Waals surface area contributed by atoms with Gasteiger partial charge in [0.05, 0.1) is 17.5 Å². The second-order valence-corrected chi connectivity index (χ2v) is 6.15. The maximum atomic E-state index is 13.8. The highest BCUT2D eigenvalue weighted by Crippen LogP contribution is 2.32. The number of hydrogen-bond donors (Lipinski definition) is 2. The Morgan fingerprint density at radius 1 is 1.35 bits per heavy atom. The van der Waals surface area contributed by atoms with Crippen LogP contribution >= 0.6 is 0 Å². The lowest BCUT2D eigenvalue weighted by atomic mass is 9.87. The molecule has 0 bridgehead atoms. The van der Waals surface area contributed by atoms with E-state index in [1.807, 2.05) is 13.8 Å². The van der Waals surface area contributed by atoms with Crippen LogP contribution in [0.5, 0.6) is 5.75 Å². The molecule has 2 rings (SSSR count).